The van der Waals surface area contributed by atoms with Gasteiger partial charge in [-0.2, -0.15) is 0 Å². The fourth-order valence-electron chi connectivity index (χ4n) is 2.96. The van der Waals surface area contributed by atoms with Crippen molar-refractivity contribution >= 4 is 32.7 Å². The lowest BCUT2D eigenvalue weighted by atomic mass is 9.90. The van der Waals surface area contributed by atoms with Gasteiger partial charge >= 0.3 is 5.97 Å². The fourth-order valence-corrected chi connectivity index (χ4v) is 3.43. The highest BCUT2D eigenvalue weighted by molar-refractivity contribution is 9.08. The maximum Gasteiger partial charge on any atom is 0.338 e. The summed E-state index contributed by atoms with van der Waals surface area (Å²) in [4.78, 5) is 12.3. The lowest BCUT2D eigenvalue weighted by molar-refractivity contribution is 0.0601. The molecule has 122 valence electrons. The van der Waals surface area contributed by atoms with Crippen LogP contribution in [-0.4, -0.2) is 13.1 Å². The topological polar surface area (TPSA) is 52.3 Å². The number of esters is 1. The number of carbonyl (C=O) groups is 1. The first-order valence-electron chi connectivity index (χ1n) is 7.68. The molecule has 3 rings (SSSR count). The predicted octanol–water partition coefficient (Wildman–Crippen LogP) is 4.65. The number of methoxy groups -OCH3 is 1. The Kier molecular flexibility index (Phi) is 4.97. The molecule has 3 nitrogen and oxygen atoms in total. The lowest BCUT2D eigenvalue weighted by Gasteiger charge is -2.16. The summed E-state index contributed by atoms with van der Waals surface area (Å²) in [7, 11) is 1.40. The molecule has 0 aliphatic heterocycles. The van der Waals surface area contributed by atoms with Crippen molar-refractivity contribution in [3.8, 4) is 11.1 Å². The third-order valence-electron chi connectivity index (χ3n) is 4.15. The van der Waals surface area contributed by atoms with Crippen LogP contribution in [0.3, 0.4) is 0 Å². The van der Waals surface area contributed by atoms with Crippen LogP contribution >= 0.6 is 15.9 Å². The number of rotatable bonds is 4. The molecular weight excluding hydrogens is 366 g/mol. The van der Waals surface area contributed by atoms with E-state index in [1.807, 2.05) is 24.3 Å². The molecule has 0 saturated carbocycles. The van der Waals surface area contributed by atoms with Gasteiger partial charge in [-0.05, 0) is 45.2 Å². The average molecular weight is 384 g/mol. The third-order valence-corrected chi connectivity index (χ3v) is 4.76. The first-order valence-corrected chi connectivity index (χ1v) is 8.80. The van der Waals surface area contributed by atoms with E-state index in [-0.39, 0.29) is 5.97 Å². The minimum atomic E-state index is -0.345. The van der Waals surface area contributed by atoms with Crippen molar-refractivity contribution in [1.82, 2.24) is 0 Å². The second-order valence-corrected chi connectivity index (χ2v) is 6.09. The van der Waals surface area contributed by atoms with Crippen LogP contribution in [-0.2, 0) is 16.6 Å². The molecule has 0 spiro atoms. The molecule has 0 amide bonds. The average Bonchev–Trinajstić information content (AvgIpc) is 2.65. The van der Waals surface area contributed by atoms with Gasteiger partial charge in [0.25, 0.3) is 0 Å². The van der Waals surface area contributed by atoms with Crippen molar-refractivity contribution < 1.29 is 9.53 Å². The molecule has 0 heterocycles. The Bertz CT molecular complexity index is 905. The smallest absolute Gasteiger partial charge is 0.338 e. The van der Waals surface area contributed by atoms with Crippen molar-refractivity contribution in [3.63, 3.8) is 0 Å². The van der Waals surface area contributed by atoms with Crippen molar-refractivity contribution in [2.75, 3.05) is 7.11 Å². The highest BCUT2D eigenvalue weighted by Gasteiger charge is 2.18. The minimum Gasteiger partial charge on any atom is -0.465 e. The van der Waals surface area contributed by atoms with Crippen LogP contribution in [0.5, 0.6) is 0 Å². The fraction of sp³-hybridized carbons (Fsp3) is 0.150. The normalized spacial score (nSPS) is 10.8. The van der Waals surface area contributed by atoms with Crippen molar-refractivity contribution in [1.29, 1.82) is 0 Å². The largest absolute Gasteiger partial charge is 0.465 e. The number of fused-ring (bicyclic) bond motifs is 1. The van der Waals surface area contributed by atoms with Gasteiger partial charge in [-0.15, -0.1) is 0 Å². The van der Waals surface area contributed by atoms with Crippen LogP contribution in [0.1, 0.15) is 21.5 Å². The molecule has 2 N–H and O–H groups in total. The zero-order valence-corrected chi connectivity index (χ0v) is 15.0. The number of hydrogen-bond donors (Lipinski definition) is 1. The molecule has 0 fully saturated rings. The summed E-state index contributed by atoms with van der Waals surface area (Å²) in [6.07, 6.45) is 0. The van der Waals surface area contributed by atoms with Crippen LogP contribution in [0.25, 0.3) is 21.9 Å². The maximum atomic E-state index is 12.3. The molecule has 0 aliphatic carbocycles. The van der Waals surface area contributed by atoms with Crippen LogP contribution in [0.2, 0.25) is 0 Å². The molecule has 0 atom stereocenters. The van der Waals surface area contributed by atoms with Gasteiger partial charge < -0.3 is 10.5 Å². The molecule has 0 saturated heterocycles. The van der Waals surface area contributed by atoms with E-state index in [0.29, 0.717) is 17.4 Å². The SMILES string of the molecule is COC(=O)c1ccc(CN)cc1-c1c(CBr)ccc2ccccc12. The van der Waals surface area contributed by atoms with Crippen LogP contribution in [0.15, 0.2) is 54.6 Å². The molecule has 0 aliphatic rings. The second kappa shape index (κ2) is 7.16. The lowest BCUT2D eigenvalue weighted by Crippen LogP contribution is -2.06. The van der Waals surface area contributed by atoms with Gasteiger partial charge in [-0.1, -0.05) is 58.4 Å². The number of benzene rings is 3. The molecule has 3 aromatic carbocycles. The van der Waals surface area contributed by atoms with Crippen molar-refractivity contribution in [2.45, 2.75) is 11.9 Å². The first-order chi connectivity index (χ1) is 11.7. The zero-order chi connectivity index (χ0) is 17.1. The number of ether oxygens (including phenoxy) is 1. The number of nitrogens with two attached hydrogens (primary N) is 1. The molecule has 4 heteroatoms. The van der Waals surface area contributed by atoms with Crippen LogP contribution in [0.4, 0.5) is 0 Å². The van der Waals surface area contributed by atoms with E-state index in [2.05, 4.69) is 40.2 Å². The predicted molar refractivity (Wildman–Crippen MR) is 101 cm³/mol. The summed E-state index contributed by atoms with van der Waals surface area (Å²) in [6.45, 7) is 0.420. The van der Waals surface area contributed by atoms with Crippen molar-refractivity contribution in [2.24, 2.45) is 5.73 Å². The standard InChI is InChI=1S/C20H18BrNO2/c1-24-20(23)17-9-6-13(12-22)10-18(17)19-15(11-21)8-7-14-4-2-3-5-16(14)19/h2-10H,11-12,22H2,1H3. The summed E-state index contributed by atoms with van der Waals surface area (Å²) < 4.78 is 4.98. The molecule has 0 aromatic heterocycles. The van der Waals surface area contributed by atoms with Gasteiger partial charge in [-0.25, -0.2) is 4.79 Å². The van der Waals surface area contributed by atoms with E-state index in [1.54, 1.807) is 6.07 Å². The van der Waals surface area contributed by atoms with Crippen LogP contribution in [0, 0.1) is 0 Å². The summed E-state index contributed by atoms with van der Waals surface area (Å²) in [5.74, 6) is -0.345. The van der Waals surface area contributed by atoms with Gasteiger partial charge in [0.2, 0.25) is 0 Å². The van der Waals surface area contributed by atoms with E-state index in [1.165, 1.54) is 7.11 Å². The number of halogens is 1. The zero-order valence-electron chi connectivity index (χ0n) is 13.4. The van der Waals surface area contributed by atoms with E-state index < -0.39 is 0 Å². The Hall–Kier alpha value is -2.17. The molecule has 0 radical (unpaired) electrons. The van der Waals surface area contributed by atoms with E-state index >= 15 is 0 Å². The van der Waals surface area contributed by atoms with Gasteiger partial charge in [0.05, 0.1) is 12.7 Å². The minimum absolute atomic E-state index is 0.345. The van der Waals surface area contributed by atoms with E-state index in [0.717, 1.165) is 33.0 Å². The first kappa shape index (κ1) is 16.7. The molecule has 0 unspecified atom stereocenters. The van der Waals surface area contributed by atoms with Crippen molar-refractivity contribution in [3.05, 3.63) is 71.3 Å². The van der Waals surface area contributed by atoms with E-state index in [9.17, 15) is 4.79 Å². The summed E-state index contributed by atoms with van der Waals surface area (Å²) >= 11 is 3.56. The monoisotopic (exact) mass is 383 g/mol. The molecule has 0 bridgehead atoms. The molecule has 24 heavy (non-hydrogen) atoms. The van der Waals surface area contributed by atoms with Gasteiger partial charge in [-0.3, -0.25) is 0 Å². The Balaban J connectivity index is 2.39. The summed E-state index contributed by atoms with van der Waals surface area (Å²) in [5.41, 5.74) is 10.4. The number of alkyl halides is 1. The molecule has 3 aromatic rings. The summed E-state index contributed by atoms with van der Waals surface area (Å²) in [5, 5.41) is 2.93. The van der Waals surface area contributed by atoms with Gasteiger partial charge in [0.15, 0.2) is 0 Å². The Labute approximate surface area is 149 Å². The second-order valence-electron chi connectivity index (χ2n) is 5.53. The van der Waals surface area contributed by atoms with Gasteiger partial charge in [0.1, 0.15) is 0 Å². The maximum absolute atomic E-state index is 12.3. The van der Waals surface area contributed by atoms with Crippen LogP contribution < -0.4 is 5.73 Å². The Morgan fingerprint density at radius 1 is 1.12 bits per heavy atom. The number of carbonyl (C=O) groups excluding carboxylic acids is 1. The highest BCUT2D eigenvalue weighted by Crippen LogP contribution is 2.36. The number of hydrogen-bond acceptors (Lipinski definition) is 3. The highest BCUT2D eigenvalue weighted by atomic mass is 79.9. The van der Waals surface area contributed by atoms with Gasteiger partial charge in [0, 0.05) is 11.9 Å². The Morgan fingerprint density at radius 2 is 1.92 bits per heavy atom. The quantitative estimate of drug-likeness (QED) is 0.526. The van der Waals surface area contributed by atoms with E-state index in [4.69, 9.17) is 10.5 Å². The Morgan fingerprint density at radius 3 is 2.62 bits per heavy atom. The summed E-state index contributed by atoms with van der Waals surface area (Å²) in [6, 6.07) is 18.0. The molecular formula is C20H18BrNO2. The third kappa shape index (κ3) is 2.95.